The number of nitrogens with one attached hydrogen (secondary N) is 1. The van der Waals surface area contributed by atoms with Crippen molar-refractivity contribution in [2.24, 2.45) is 0 Å². The summed E-state index contributed by atoms with van der Waals surface area (Å²) in [4.78, 5) is 0. The SMILES string of the molecule is C=CCc1cc(CCCOC)ccc1OCC(O)CNC(C)C. The molecule has 130 valence electrons. The van der Waals surface area contributed by atoms with Crippen LogP contribution in [0.25, 0.3) is 0 Å². The summed E-state index contributed by atoms with van der Waals surface area (Å²) >= 11 is 0. The van der Waals surface area contributed by atoms with E-state index < -0.39 is 6.10 Å². The van der Waals surface area contributed by atoms with Gasteiger partial charge in [0.15, 0.2) is 0 Å². The maximum absolute atomic E-state index is 9.96. The molecule has 0 saturated carbocycles. The third-order valence-corrected chi connectivity index (χ3v) is 3.50. The minimum atomic E-state index is -0.518. The van der Waals surface area contributed by atoms with Gasteiger partial charge < -0.3 is 19.9 Å². The Morgan fingerprint density at radius 2 is 2.13 bits per heavy atom. The van der Waals surface area contributed by atoms with Gasteiger partial charge in [-0.15, -0.1) is 6.58 Å². The molecule has 0 radical (unpaired) electrons. The Morgan fingerprint density at radius 3 is 2.78 bits per heavy atom. The number of hydrogen-bond acceptors (Lipinski definition) is 4. The Bertz CT molecular complexity index is 460. The number of methoxy groups -OCH3 is 1. The van der Waals surface area contributed by atoms with Crippen LogP contribution >= 0.6 is 0 Å². The lowest BCUT2D eigenvalue weighted by Crippen LogP contribution is -2.35. The highest BCUT2D eigenvalue weighted by atomic mass is 16.5. The number of aliphatic hydroxyl groups is 1. The van der Waals surface area contributed by atoms with Crippen molar-refractivity contribution in [3.05, 3.63) is 42.0 Å². The summed E-state index contributed by atoms with van der Waals surface area (Å²) in [6.45, 7) is 9.50. The Kier molecular flexibility index (Phi) is 9.60. The normalized spacial score (nSPS) is 12.4. The zero-order chi connectivity index (χ0) is 17.1. The second-order valence-corrected chi connectivity index (χ2v) is 6.06. The minimum Gasteiger partial charge on any atom is -0.491 e. The topological polar surface area (TPSA) is 50.7 Å². The fourth-order valence-electron chi connectivity index (χ4n) is 2.28. The van der Waals surface area contributed by atoms with E-state index in [1.807, 2.05) is 12.1 Å². The van der Waals surface area contributed by atoms with Crippen LogP contribution in [0.2, 0.25) is 0 Å². The summed E-state index contributed by atoms with van der Waals surface area (Å²) in [5.74, 6) is 0.823. The van der Waals surface area contributed by atoms with Gasteiger partial charge in [-0.3, -0.25) is 0 Å². The van der Waals surface area contributed by atoms with Gasteiger partial charge >= 0.3 is 0 Å². The minimum absolute atomic E-state index is 0.285. The molecule has 2 N–H and O–H groups in total. The Balaban J connectivity index is 2.60. The van der Waals surface area contributed by atoms with Crippen LogP contribution in [0.3, 0.4) is 0 Å². The summed E-state index contributed by atoms with van der Waals surface area (Å²) in [5.41, 5.74) is 2.38. The van der Waals surface area contributed by atoms with E-state index in [1.54, 1.807) is 7.11 Å². The molecule has 0 saturated heterocycles. The van der Waals surface area contributed by atoms with E-state index >= 15 is 0 Å². The van der Waals surface area contributed by atoms with Gasteiger partial charge in [0.2, 0.25) is 0 Å². The molecule has 0 bridgehead atoms. The van der Waals surface area contributed by atoms with Gasteiger partial charge in [-0.05, 0) is 36.5 Å². The molecule has 23 heavy (non-hydrogen) atoms. The summed E-state index contributed by atoms with van der Waals surface area (Å²) in [6.07, 6.45) is 4.10. The van der Waals surface area contributed by atoms with Crippen molar-refractivity contribution in [2.45, 2.75) is 45.3 Å². The molecule has 1 aromatic rings. The van der Waals surface area contributed by atoms with Crippen molar-refractivity contribution in [2.75, 3.05) is 26.9 Å². The first-order valence-electron chi connectivity index (χ1n) is 8.32. The van der Waals surface area contributed by atoms with Gasteiger partial charge in [-0.2, -0.15) is 0 Å². The maximum Gasteiger partial charge on any atom is 0.122 e. The zero-order valence-electron chi connectivity index (χ0n) is 14.7. The third kappa shape index (κ3) is 8.16. The maximum atomic E-state index is 9.96. The van der Waals surface area contributed by atoms with E-state index in [9.17, 15) is 5.11 Å². The van der Waals surface area contributed by atoms with Crippen molar-refractivity contribution in [1.82, 2.24) is 5.32 Å². The van der Waals surface area contributed by atoms with Crippen molar-refractivity contribution in [3.8, 4) is 5.75 Å². The number of allylic oxidation sites excluding steroid dienone is 1. The second-order valence-electron chi connectivity index (χ2n) is 6.06. The number of ether oxygens (including phenoxy) is 2. The molecule has 0 fully saturated rings. The number of rotatable bonds is 12. The fourth-order valence-corrected chi connectivity index (χ4v) is 2.28. The first kappa shape index (κ1) is 19.7. The summed E-state index contributed by atoms with van der Waals surface area (Å²) in [5, 5.41) is 13.2. The van der Waals surface area contributed by atoms with Gasteiger partial charge in [0.05, 0.1) is 0 Å². The first-order valence-corrected chi connectivity index (χ1v) is 8.32. The number of aryl methyl sites for hydroxylation is 1. The lowest BCUT2D eigenvalue weighted by Gasteiger charge is -2.17. The molecule has 0 aromatic heterocycles. The number of hydrogen-bond donors (Lipinski definition) is 2. The van der Waals surface area contributed by atoms with Crippen LogP contribution in [0.15, 0.2) is 30.9 Å². The van der Waals surface area contributed by atoms with Crippen molar-refractivity contribution in [3.63, 3.8) is 0 Å². The summed E-state index contributed by atoms with van der Waals surface area (Å²) in [7, 11) is 1.72. The van der Waals surface area contributed by atoms with E-state index in [-0.39, 0.29) is 6.61 Å². The average molecular weight is 321 g/mol. The quantitative estimate of drug-likeness (QED) is 0.459. The highest BCUT2D eigenvalue weighted by Crippen LogP contribution is 2.22. The Morgan fingerprint density at radius 1 is 1.35 bits per heavy atom. The molecular weight excluding hydrogens is 290 g/mol. The first-order chi connectivity index (χ1) is 11.1. The van der Waals surface area contributed by atoms with Crippen LogP contribution in [0.5, 0.6) is 5.75 Å². The molecule has 0 amide bonds. The van der Waals surface area contributed by atoms with Gasteiger partial charge in [0.25, 0.3) is 0 Å². The van der Waals surface area contributed by atoms with Crippen LogP contribution in [0.1, 0.15) is 31.4 Å². The summed E-state index contributed by atoms with van der Waals surface area (Å²) < 4.78 is 10.9. The molecule has 0 heterocycles. The monoisotopic (exact) mass is 321 g/mol. The van der Waals surface area contributed by atoms with Crippen LogP contribution in [-0.4, -0.2) is 44.1 Å². The predicted molar refractivity (Wildman–Crippen MR) is 95.2 cm³/mol. The molecule has 1 rings (SSSR count). The Labute approximate surface area is 140 Å². The Hall–Kier alpha value is -1.36. The lowest BCUT2D eigenvalue weighted by atomic mass is 10.0. The second kappa shape index (κ2) is 11.2. The highest BCUT2D eigenvalue weighted by molar-refractivity contribution is 5.38. The van der Waals surface area contributed by atoms with Gasteiger partial charge in [0.1, 0.15) is 18.5 Å². The van der Waals surface area contributed by atoms with E-state index in [2.05, 4.69) is 37.9 Å². The van der Waals surface area contributed by atoms with Crippen LogP contribution in [-0.2, 0) is 17.6 Å². The molecule has 0 aliphatic carbocycles. The fraction of sp³-hybridized carbons (Fsp3) is 0.579. The van der Waals surface area contributed by atoms with Gasteiger partial charge in [0, 0.05) is 26.3 Å². The molecule has 4 nitrogen and oxygen atoms in total. The predicted octanol–water partition coefficient (Wildman–Crippen LogP) is 2.73. The molecule has 0 spiro atoms. The van der Waals surface area contributed by atoms with Crippen LogP contribution in [0, 0.1) is 0 Å². The molecule has 4 heteroatoms. The van der Waals surface area contributed by atoms with E-state index in [0.717, 1.165) is 37.2 Å². The smallest absolute Gasteiger partial charge is 0.122 e. The molecule has 0 aliphatic rings. The summed E-state index contributed by atoms with van der Waals surface area (Å²) in [6, 6.07) is 6.58. The van der Waals surface area contributed by atoms with Crippen LogP contribution in [0.4, 0.5) is 0 Å². The number of benzene rings is 1. The highest BCUT2D eigenvalue weighted by Gasteiger charge is 2.09. The molecule has 1 atom stereocenters. The largest absolute Gasteiger partial charge is 0.491 e. The van der Waals surface area contributed by atoms with Gasteiger partial charge in [-0.25, -0.2) is 0 Å². The van der Waals surface area contributed by atoms with Crippen LogP contribution < -0.4 is 10.1 Å². The van der Waals surface area contributed by atoms with E-state index in [1.165, 1.54) is 5.56 Å². The zero-order valence-corrected chi connectivity index (χ0v) is 14.7. The number of aliphatic hydroxyl groups excluding tert-OH is 1. The van der Waals surface area contributed by atoms with Crippen molar-refractivity contribution < 1.29 is 14.6 Å². The average Bonchev–Trinajstić information content (AvgIpc) is 2.52. The molecule has 1 aromatic carbocycles. The van der Waals surface area contributed by atoms with E-state index in [0.29, 0.717) is 12.6 Å². The lowest BCUT2D eigenvalue weighted by molar-refractivity contribution is 0.104. The molecule has 1 unspecified atom stereocenters. The van der Waals surface area contributed by atoms with Gasteiger partial charge in [-0.1, -0.05) is 32.1 Å². The third-order valence-electron chi connectivity index (χ3n) is 3.50. The van der Waals surface area contributed by atoms with Crippen molar-refractivity contribution >= 4 is 0 Å². The molecule has 0 aliphatic heterocycles. The molecular formula is C19H31NO3. The standard InChI is InChI=1S/C19H31NO3/c1-5-7-17-12-16(8-6-11-22-4)9-10-19(17)23-14-18(21)13-20-15(2)3/h5,9-10,12,15,18,20-21H,1,6-8,11,13-14H2,2-4H3. The van der Waals surface area contributed by atoms with E-state index in [4.69, 9.17) is 9.47 Å². The van der Waals surface area contributed by atoms with Crippen molar-refractivity contribution in [1.29, 1.82) is 0 Å².